The van der Waals surface area contributed by atoms with Gasteiger partial charge in [0.2, 0.25) is 0 Å². The number of amides is 1. The van der Waals surface area contributed by atoms with E-state index in [0.29, 0.717) is 23.1 Å². The van der Waals surface area contributed by atoms with Crippen LogP contribution in [0.3, 0.4) is 0 Å². The highest BCUT2D eigenvalue weighted by Crippen LogP contribution is 2.26. The summed E-state index contributed by atoms with van der Waals surface area (Å²) in [6.07, 6.45) is 3.87. The molecule has 1 N–H and O–H groups in total. The third-order valence-electron chi connectivity index (χ3n) is 4.47. The highest BCUT2D eigenvalue weighted by Gasteiger charge is 2.14. The first kappa shape index (κ1) is 22.2. The van der Waals surface area contributed by atoms with Gasteiger partial charge >= 0.3 is 0 Å². The molecule has 0 aliphatic heterocycles. The Balaban J connectivity index is 1.44. The van der Waals surface area contributed by atoms with Crippen molar-refractivity contribution in [2.45, 2.75) is 6.42 Å². The van der Waals surface area contributed by atoms with Crippen LogP contribution >= 0.6 is 43.2 Å². The molecule has 0 aliphatic rings. The Morgan fingerprint density at radius 3 is 2.44 bits per heavy atom. The summed E-state index contributed by atoms with van der Waals surface area (Å²) in [6, 6.07) is 21.2. The number of carbonyl (C=O) groups excluding carboxylic acids is 1. The predicted octanol–water partition coefficient (Wildman–Crippen LogP) is 7.06. The van der Waals surface area contributed by atoms with Crippen molar-refractivity contribution in [2.75, 3.05) is 5.32 Å². The number of halogens is 2. The van der Waals surface area contributed by atoms with Crippen LogP contribution in [0.4, 0.5) is 5.13 Å². The minimum Gasteiger partial charge on any atom is -0.457 e. The molecule has 5 nitrogen and oxygen atoms in total. The van der Waals surface area contributed by atoms with Gasteiger partial charge in [-0.25, -0.2) is 4.98 Å². The van der Waals surface area contributed by atoms with E-state index in [1.165, 1.54) is 17.4 Å². The Labute approximate surface area is 205 Å². The first-order valence-electron chi connectivity index (χ1n) is 9.48. The molecule has 8 heteroatoms. The number of aromatic nitrogens is 1. The van der Waals surface area contributed by atoms with Gasteiger partial charge in [0.25, 0.3) is 5.91 Å². The second kappa shape index (κ2) is 10.1. The van der Waals surface area contributed by atoms with E-state index >= 15 is 0 Å². The Morgan fingerprint density at radius 1 is 1.06 bits per heavy atom. The molecule has 0 fully saturated rings. The van der Waals surface area contributed by atoms with E-state index in [2.05, 4.69) is 42.2 Å². The summed E-state index contributed by atoms with van der Waals surface area (Å²) in [6.45, 7) is 0. The molecule has 0 atom stereocenters. The lowest BCUT2D eigenvalue weighted by atomic mass is 10.1. The third kappa shape index (κ3) is 5.62. The van der Waals surface area contributed by atoms with Gasteiger partial charge in [-0.3, -0.25) is 10.1 Å². The van der Waals surface area contributed by atoms with Gasteiger partial charge in [0.15, 0.2) is 5.13 Å². The van der Waals surface area contributed by atoms with Crippen LogP contribution in [0.5, 0.6) is 0 Å². The second-order valence-corrected chi connectivity index (χ2v) is 9.71. The summed E-state index contributed by atoms with van der Waals surface area (Å²) in [5.74, 6) is 0.544. The molecule has 32 heavy (non-hydrogen) atoms. The summed E-state index contributed by atoms with van der Waals surface area (Å²) in [7, 11) is 0. The van der Waals surface area contributed by atoms with Gasteiger partial charge in [0.1, 0.15) is 23.2 Å². The molecule has 1 amide bonds. The highest BCUT2D eigenvalue weighted by atomic mass is 79.9. The molecule has 2 aromatic heterocycles. The van der Waals surface area contributed by atoms with Gasteiger partial charge in [-0.15, -0.1) is 11.3 Å². The van der Waals surface area contributed by atoms with Crippen molar-refractivity contribution in [3.8, 4) is 17.4 Å². The molecule has 158 valence electrons. The Bertz CT molecular complexity index is 1320. The molecule has 4 rings (SSSR count). The van der Waals surface area contributed by atoms with Crippen molar-refractivity contribution < 1.29 is 9.21 Å². The molecular weight excluding hydrogens is 554 g/mol. The number of benzene rings is 2. The summed E-state index contributed by atoms with van der Waals surface area (Å²) < 4.78 is 7.78. The normalized spacial score (nSPS) is 11.2. The van der Waals surface area contributed by atoms with E-state index in [9.17, 15) is 10.1 Å². The lowest BCUT2D eigenvalue weighted by Gasteiger charge is -2.00. The summed E-state index contributed by atoms with van der Waals surface area (Å²) in [4.78, 5) is 17.8. The first-order chi connectivity index (χ1) is 15.5. The predicted molar refractivity (Wildman–Crippen MR) is 133 cm³/mol. The van der Waals surface area contributed by atoms with Crippen LogP contribution in [0.1, 0.15) is 16.2 Å². The van der Waals surface area contributed by atoms with Crippen molar-refractivity contribution in [1.82, 2.24) is 4.98 Å². The molecule has 0 saturated carbocycles. The number of rotatable bonds is 6. The van der Waals surface area contributed by atoms with Crippen molar-refractivity contribution >= 4 is 60.3 Å². The maximum atomic E-state index is 12.6. The Kier molecular flexibility index (Phi) is 7.00. The summed E-state index contributed by atoms with van der Waals surface area (Å²) in [5, 5.41) is 12.6. The second-order valence-electron chi connectivity index (χ2n) is 6.77. The van der Waals surface area contributed by atoms with Crippen LogP contribution in [-0.2, 0) is 11.2 Å². The van der Waals surface area contributed by atoms with Crippen LogP contribution < -0.4 is 5.32 Å². The van der Waals surface area contributed by atoms with Crippen LogP contribution in [0.2, 0.25) is 0 Å². The van der Waals surface area contributed by atoms with Crippen molar-refractivity contribution in [3.05, 3.63) is 97.6 Å². The number of hydrogen-bond donors (Lipinski definition) is 1. The van der Waals surface area contributed by atoms with Gasteiger partial charge in [-0.05, 0) is 42.0 Å². The third-order valence-corrected chi connectivity index (χ3v) is 6.44. The average molecular weight is 569 g/mol. The SMILES string of the molecule is N#C/C(=C/c1ccc(-c2ccc(Br)cc2)o1)C(=O)Nc1ncc(Cc2ccc(Br)cc2)s1. The summed E-state index contributed by atoms with van der Waals surface area (Å²) >= 11 is 8.20. The fourth-order valence-electron chi connectivity index (χ4n) is 2.91. The smallest absolute Gasteiger partial charge is 0.268 e. The van der Waals surface area contributed by atoms with Crippen LogP contribution in [0.25, 0.3) is 17.4 Å². The van der Waals surface area contributed by atoms with Gasteiger partial charge in [-0.1, -0.05) is 56.1 Å². The van der Waals surface area contributed by atoms with Crippen LogP contribution in [-0.4, -0.2) is 10.9 Å². The highest BCUT2D eigenvalue weighted by molar-refractivity contribution is 9.10. The first-order valence-corrected chi connectivity index (χ1v) is 11.9. The minimum atomic E-state index is -0.529. The molecule has 0 aliphatic carbocycles. The molecule has 0 radical (unpaired) electrons. The van der Waals surface area contributed by atoms with Gasteiger partial charge < -0.3 is 4.42 Å². The molecule has 0 unspecified atom stereocenters. The van der Waals surface area contributed by atoms with Gasteiger partial charge in [-0.2, -0.15) is 5.26 Å². The summed E-state index contributed by atoms with van der Waals surface area (Å²) in [5.41, 5.74) is 1.98. The van der Waals surface area contributed by atoms with E-state index in [1.54, 1.807) is 18.3 Å². The van der Waals surface area contributed by atoms with Crippen LogP contribution in [0.15, 0.2) is 85.8 Å². The molecular formula is C24H15Br2N3O2S. The molecule has 2 aromatic carbocycles. The molecule has 4 aromatic rings. The number of hydrogen-bond acceptors (Lipinski definition) is 5. The van der Waals surface area contributed by atoms with E-state index in [0.717, 1.165) is 24.9 Å². The average Bonchev–Trinajstić information content (AvgIpc) is 3.43. The molecule has 0 spiro atoms. The molecule has 0 bridgehead atoms. The number of nitrogens with one attached hydrogen (secondary N) is 1. The topological polar surface area (TPSA) is 78.9 Å². The van der Waals surface area contributed by atoms with Crippen LogP contribution in [0, 0.1) is 11.3 Å². The Hall–Kier alpha value is -2.99. The number of nitriles is 1. The van der Waals surface area contributed by atoms with Crippen molar-refractivity contribution in [3.63, 3.8) is 0 Å². The largest absolute Gasteiger partial charge is 0.457 e. The van der Waals surface area contributed by atoms with Crippen molar-refractivity contribution in [1.29, 1.82) is 5.26 Å². The maximum Gasteiger partial charge on any atom is 0.268 e. The Morgan fingerprint density at radius 2 is 1.75 bits per heavy atom. The standard InChI is InChI=1S/C24H15Br2N3O2S/c25-18-5-1-15(2-6-18)11-21-14-28-24(32-21)29-23(30)17(13-27)12-20-9-10-22(31-20)16-3-7-19(26)8-4-16/h1-10,12,14H,11H2,(H,28,29,30)/b17-12-. The van der Waals surface area contributed by atoms with Gasteiger partial charge in [0, 0.05) is 38.1 Å². The molecule has 0 saturated heterocycles. The van der Waals surface area contributed by atoms with E-state index in [4.69, 9.17) is 4.42 Å². The number of anilines is 1. The zero-order valence-corrected chi connectivity index (χ0v) is 20.5. The zero-order valence-electron chi connectivity index (χ0n) is 16.5. The number of carbonyl (C=O) groups is 1. The quantitative estimate of drug-likeness (QED) is 0.199. The lowest BCUT2D eigenvalue weighted by Crippen LogP contribution is -2.13. The minimum absolute atomic E-state index is 0.0636. The van der Waals surface area contributed by atoms with Gasteiger partial charge in [0.05, 0.1) is 0 Å². The van der Waals surface area contributed by atoms with E-state index in [-0.39, 0.29) is 5.57 Å². The number of thiazole rings is 1. The fraction of sp³-hybridized carbons (Fsp3) is 0.0417. The lowest BCUT2D eigenvalue weighted by molar-refractivity contribution is -0.112. The fourth-order valence-corrected chi connectivity index (χ4v) is 4.28. The van der Waals surface area contributed by atoms with Crippen molar-refractivity contribution in [2.24, 2.45) is 0 Å². The van der Waals surface area contributed by atoms with E-state index < -0.39 is 5.91 Å². The number of furan rings is 1. The maximum absolute atomic E-state index is 12.6. The monoisotopic (exact) mass is 567 g/mol. The van der Waals surface area contributed by atoms with E-state index in [1.807, 2.05) is 54.6 Å². The molecule has 2 heterocycles. The number of nitrogens with zero attached hydrogens (tertiary/aromatic N) is 2. The zero-order chi connectivity index (χ0) is 22.5.